The van der Waals surface area contributed by atoms with Crippen LogP contribution in [0.15, 0.2) is 30.3 Å². The highest BCUT2D eigenvalue weighted by molar-refractivity contribution is 5.53. The number of ether oxygens (including phenoxy) is 4. The van der Waals surface area contributed by atoms with Gasteiger partial charge in [0.15, 0.2) is 23.1 Å². The van der Waals surface area contributed by atoms with E-state index in [1.54, 1.807) is 27.4 Å². The van der Waals surface area contributed by atoms with E-state index in [0.717, 1.165) is 11.1 Å². The van der Waals surface area contributed by atoms with E-state index in [0.29, 0.717) is 30.3 Å². The van der Waals surface area contributed by atoms with Crippen LogP contribution in [0.3, 0.4) is 0 Å². The quantitative estimate of drug-likeness (QED) is 0.803. The normalized spacial score (nSPS) is 10.4. The van der Waals surface area contributed by atoms with Crippen LogP contribution in [0.5, 0.6) is 23.0 Å². The van der Waals surface area contributed by atoms with Crippen molar-refractivity contribution in [1.82, 2.24) is 5.32 Å². The summed E-state index contributed by atoms with van der Waals surface area (Å²) in [5.41, 5.74) is 1.80. The minimum Gasteiger partial charge on any atom is -0.494 e. The lowest BCUT2D eigenvalue weighted by atomic mass is 10.1. The first-order chi connectivity index (χ1) is 11.6. The zero-order chi connectivity index (χ0) is 17.5. The zero-order valence-corrected chi connectivity index (χ0v) is 14.3. The Morgan fingerprint density at radius 1 is 0.750 bits per heavy atom. The van der Waals surface area contributed by atoms with Gasteiger partial charge >= 0.3 is 0 Å². The van der Waals surface area contributed by atoms with Crippen molar-refractivity contribution >= 4 is 0 Å². The van der Waals surface area contributed by atoms with Crippen molar-refractivity contribution in [1.29, 1.82) is 0 Å². The van der Waals surface area contributed by atoms with E-state index in [1.165, 1.54) is 13.2 Å². The molecule has 1 N–H and O–H groups in total. The van der Waals surface area contributed by atoms with Crippen LogP contribution in [0.2, 0.25) is 0 Å². The molecule has 5 nitrogen and oxygen atoms in total. The summed E-state index contributed by atoms with van der Waals surface area (Å²) in [5, 5.41) is 3.26. The fourth-order valence-electron chi connectivity index (χ4n) is 2.41. The fraction of sp³-hybridized carbons (Fsp3) is 0.333. The van der Waals surface area contributed by atoms with Crippen molar-refractivity contribution in [3.8, 4) is 23.0 Å². The fourth-order valence-corrected chi connectivity index (χ4v) is 2.41. The first-order valence-corrected chi connectivity index (χ1v) is 7.45. The van der Waals surface area contributed by atoms with Gasteiger partial charge in [-0.15, -0.1) is 0 Å². The Bertz CT molecular complexity index is 666. The monoisotopic (exact) mass is 335 g/mol. The maximum Gasteiger partial charge on any atom is 0.203 e. The van der Waals surface area contributed by atoms with Gasteiger partial charge in [-0.25, -0.2) is 4.39 Å². The van der Waals surface area contributed by atoms with Gasteiger partial charge in [0, 0.05) is 13.1 Å². The summed E-state index contributed by atoms with van der Waals surface area (Å²) >= 11 is 0. The molecule has 0 aliphatic rings. The lowest BCUT2D eigenvalue weighted by Crippen LogP contribution is -2.13. The summed E-state index contributed by atoms with van der Waals surface area (Å²) in [6, 6.07) is 8.66. The number of benzene rings is 2. The number of nitrogens with one attached hydrogen (secondary N) is 1. The Kier molecular flexibility index (Phi) is 6.26. The van der Waals surface area contributed by atoms with Crippen molar-refractivity contribution in [3.63, 3.8) is 0 Å². The molecule has 0 unspecified atom stereocenters. The highest BCUT2D eigenvalue weighted by Crippen LogP contribution is 2.38. The van der Waals surface area contributed by atoms with E-state index < -0.39 is 0 Å². The van der Waals surface area contributed by atoms with E-state index in [9.17, 15) is 4.39 Å². The van der Waals surface area contributed by atoms with Gasteiger partial charge in [0.2, 0.25) is 5.75 Å². The molecule has 0 aliphatic carbocycles. The predicted octanol–water partition coefficient (Wildman–Crippen LogP) is 3.15. The van der Waals surface area contributed by atoms with E-state index in [-0.39, 0.29) is 11.6 Å². The van der Waals surface area contributed by atoms with Gasteiger partial charge in [0.05, 0.1) is 28.4 Å². The van der Waals surface area contributed by atoms with Gasteiger partial charge < -0.3 is 24.3 Å². The maximum absolute atomic E-state index is 13.7. The molecule has 2 aromatic carbocycles. The zero-order valence-electron chi connectivity index (χ0n) is 14.3. The predicted molar refractivity (Wildman–Crippen MR) is 89.6 cm³/mol. The van der Waals surface area contributed by atoms with Crippen molar-refractivity contribution < 1.29 is 23.3 Å². The van der Waals surface area contributed by atoms with Gasteiger partial charge in [-0.1, -0.05) is 6.07 Å². The largest absolute Gasteiger partial charge is 0.494 e. The number of methoxy groups -OCH3 is 4. The number of hydrogen-bond donors (Lipinski definition) is 1. The molecule has 0 heterocycles. The SMILES string of the molecule is COc1ccc(CNCc2cc(OC)c(OC)c(OC)c2)cc1F. The van der Waals surface area contributed by atoms with Crippen LogP contribution in [0.25, 0.3) is 0 Å². The Labute approximate surface area is 141 Å². The Hall–Kier alpha value is -2.47. The number of halogens is 1. The molecule has 0 aromatic heterocycles. The molecule has 130 valence electrons. The highest BCUT2D eigenvalue weighted by Gasteiger charge is 2.13. The molecule has 2 rings (SSSR count). The Balaban J connectivity index is 2.05. The second kappa shape index (κ2) is 8.40. The van der Waals surface area contributed by atoms with Crippen molar-refractivity contribution in [2.45, 2.75) is 13.1 Å². The van der Waals surface area contributed by atoms with Crippen LogP contribution in [0, 0.1) is 5.82 Å². The average Bonchev–Trinajstić information content (AvgIpc) is 2.60. The van der Waals surface area contributed by atoms with Gasteiger partial charge in [-0.2, -0.15) is 0 Å². The van der Waals surface area contributed by atoms with Gasteiger partial charge in [-0.05, 0) is 35.4 Å². The first-order valence-electron chi connectivity index (χ1n) is 7.45. The summed E-state index contributed by atoms with van der Waals surface area (Å²) in [7, 11) is 6.17. The van der Waals surface area contributed by atoms with Crippen LogP contribution in [-0.2, 0) is 13.1 Å². The molecular weight excluding hydrogens is 313 g/mol. The molecule has 0 saturated heterocycles. The lowest BCUT2D eigenvalue weighted by Gasteiger charge is -2.14. The average molecular weight is 335 g/mol. The third-order valence-corrected chi connectivity index (χ3v) is 3.60. The Morgan fingerprint density at radius 2 is 1.33 bits per heavy atom. The molecule has 0 radical (unpaired) electrons. The molecule has 24 heavy (non-hydrogen) atoms. The standard InChI is InChI=1S/C18H22FNO4/c1-21-15-6-5-12(7-14(15)19)10-20-11-13-8-16(22-2)18(24-4)17(9-13)23-3/h5-9,20H,10-11H2,1-4H3. The molecule has 0 aliphatic heterocycles. The molecule has 6 heteroatoms. The topological polar surface area (TPSA) is 49.0 Å². The smallest absolute Gasteiger partial charge is 0.203 e. The summed E-state index contributed by atoms with van der Waals surface area (Å²) in [5.74, 6) is 1.63. The molecular formula is C18H22FNO4. The summed E-state index contributed by atoms with van der Waals surface area (Å²) in [6.07, 6.45) is 0. The van der Waals surface area contributed by atoms with E-state index >= 15 is 0 Å². The second-order valence-electron chi connectivity index (χ2n) is 5.11. The number of hydrogen-bond acceptors (Lipinski definition) is 5. The summed E-state index contributed by atoms with van der Waals surface area (Å²) < 4.78 is 34.5. The third kappa shape index (κ3) is 4.08. The van der Waals surface area contributed by atoms with E-state index in [2.05, 4.69) is 5.32 Å². The molecule has 0 saturated carbocycles. The molecule has 0 bridgehead atoms. The number of rotatable bonds is 8. The minimum absolute atomic E-state index is 0.239. The van der Waals surface area contributed by atoms with E-state index in [1.807, 2.05) is 18.2 Å². The highest BCUT2D eigenvalue weighted by atomic mass is 19.1. The molecule has 0 atom stereocenters. The minimum atomic E-state index is -0.371. The molecule has 0 fully saturated rings. The lowest BCUT2D eigenvalue weighted by molar-refractivity contribution is 0.323. The first kappa shape index (κ1) is 17.9. The van der Waals surface area contributed by atoms with Gasteiger partial charge in [0.1, 0.15) is 0 Å². The van der Waals surface area contributed by atoms with Crippen LogP contribution in [0.1, 0.15) is 11.1 Å². The van der Waals surface area contributed by atoms with Gasteiger partial charge in [-0.3, -0.25) is 0 Å². The van der Waals surface area contributed by atoms with Crippen molar-refractivity contribution in [2.24, 2.45) is 0 Å². The summed E-state index contributed by atoms with van der Waals surface area (Å²) in [6.45, 7) is 1.10. The molecule has 0 spiro atoms. The molecule has 2 aromatic rings. The van der Waals surface area contributed by atoms with Crippen molar-refractivity contribution in [3.05, 3.63) is 47.3 Å². The second-order valence-corrected chi connectivity index (χ2v) is 5.11. The maximum atomic E-state index is 13.7. The van der Waals surface area contributed by atoms with Crippen LogP contribution < -0.4 is 24.3 Å². The Morgan fingerprint density at radius 3 is 1.83 bits per heavy atom. The third-order valence-electron chi connectivity index (χ3n) is 3.60. The van der Waals surface area contributed by atoms with Gasteiger partial charge in [0.25, 0.3) is 0 Å². The van der Waals surface area contributed by atoms with Crippen LogP contribution >= 0.6 is 0 Å². The van der Waals surface area contributed by atoms with Crippen LogP contribution in [0.4, 0.5) is 4.39 Å². The molecule has 0 amide bonds. The van der Waals surface area contributed by atoms with E-state index in [4.69, 9.17) is 18.9 Å². The summed E-state index contributed by atoms with van der Waals surface area (Å²) in [4.78, 5) is 0. The van der Waals surface area contributed by atoms with Crippen molar-refractivity contribution in [2.75, 3.05) is 28.4 Å². The van der Waals surface area contributed by atoms with Crippen LogP contribution in [-0.4, -0.2) is 28.4 Å².